The summed E-state index contributed by atoms with van der Waals surface area (Å²) < 4.78 is 11.3. The van der Waals surface area contributed by atoms with Gasteiger partial charge in [-0.3, -0.25) is 14.9 Å². The standard InChI is InChI=1S/C20H16ClN3O5/c1-13-4-2-7-18(21)19(13)28-12-17-9-8-16(29-17)11-22-23-20(25)14-5-3-6-15(10-14)24(26)27/h2-11H,12H2,1H3,(H,23,25)/b22-11-. The predicted octanol–water partition coefficient (Wildman–Crippen LogP) is 4.49. The molecule has 0 spiro atoms. The number of carbonyl (C=O) groups is 1. The number of nitro groups is 1. The molecule has 148 valence electrons. The second-order valence-electron chi connectivity index (χ2n) is 5.99. The van der Waals surface area contributed by atoms with E-state index in [1.54, 1.807) is 18.2 Å². The van der Waals surface area contributed by atoms with Crippen LogP contribution >= 0.6 is 11.6 Å². The molecule has 1 heterocycles. The molecule has 0 saturated carbocycles. The van der Waals surface area contributed by atoms with Gasteiger partial charge in [0.15, 0.2) is 0 Å². The molecule has 0 aliphatic heterocycles. The number of hydrazone groups is 1. The minimum atomic E-state index is -0.575. The van der Waals surface area contributed by atoms with Gasteiger partial charge in [0.1, 0.15) is 23.9 Å². The molecule has 1 N–H and O–H groups in total. The number of non-ortho nitro benzene ring substituents is 1. The molecule has 29 heavy (non-hydrogen) atoms. The van der Waals surface area contributed by atoms with Gasteiger partial charge in [-0.2, -0.15) is 5.10 Å². The highest BCUT2D eigenvalue weighted by atomic mass is 35.5. The fourth-order valence-electron chi connectivity index (χ4n) is 2.46. The SMILES string of the molecule is Cc1cccc(Cl)c1OCc1ccc(/C=N\NC(=O)c2cccc([N+](=O)[O-])c2)o1. The van der Waals surface area contributed by atoms with E-state index in [-0.39, 0.29) is 17.9 Å². The number of hydrogen-bond donors (Lipinski definition) is 1. The minimum absolute atomic E-state index is 0.125. The van der Waals surface area contributed by atoms with E-state index in [0.717, 1.165) is 5.56 Å². The molecule has 0 aliphatic rings. The van der Waals surface area contributed by atoms with Gasteiger partial charge >= 0.3 is 0 Å². The molecule has 1 amide bonds. The number of nitro benzene ring substituents is 1. The van der Waals surface area contributed by atoms with E-state index in [4.69, 9.17) is 20.8 Å². The lowest BCUT2D eigenvalue weighted by atomic mass is 10.2. The van der Waals surface area contributed by atoms with Crippen LogP contribution in [0, 0.1) is 17.0 Å². The monoisotopic (exact) mass is 413 g/mol. The lowest BCUT2D eigenvalue weighted by Gasteiger charge is -2.09. The number of nitrogens with zero attached hydrogens (tertiary/aromatic N) is 2. The summed E-state index contributed by atoms with van der Waals surface area (Å²) >= 11 is 6.12. The molecule has 3 aromatic rings. The highest BCUT2D eigenvalue weighted by molar-refractivity contribution is 6.32. The van der Waals surface area contributed by atoms with Crippen molar-refractivity contribution in [1.82, 2.24) is 5.43 Å². The average molecular weight is 414 g/mol. The van der Waals surface area contributed by atoms with E-state index in [9.17, 15) is 14.9 Å². The quantitative estimate of drug-likeness (QED) is 0.349. The number of rotatable bonds is 7. The van der Waals surface area contributed by atoms with Gasteiger partial charge in [-0.1, -0.05) is 29.8 Å². The first-order valence-corrected chi connectivity index (χ1v) is 8.86. The zero-order chi connectivity index (χ0) is 20.8. The van der Waals surface area contributed by atoms with Crippen molar-refractivity contribution in [2.75, 3.05) is 0 Å². The van der Waals surface area contributed by atoms with E-state index < -0.39 is 10.8 Å². The van der Waals surface area contributed by atoms with Crippen LogP contribution in [0.25, 0.3) is 0 Å². The van der Waals surface area contributed by atoms with Crippen LogP contribution in [0.15, 0.2) is 64.1 Å². The van der Waals surface area contributed by atoms with Gasteiger partial charge in [-0.25, -0.2) is 5.43 Å². The van der Waals surface area contributed by atoms with E-state index in [1.807, 2.05) is 19.1 Å². The number of hydrogen-bond acceptors (Lipinski definition) is 6. The molecule has 0 radical (unpaired) electrons. The highest BCUT2D eigenvalue weighted by Gasteiger charge is 2.11. The largest absolute Gasteiger partial charge is 0.484 e. The first kappa shape index (κ1) is 20.1. The smallest absolute Gasteiger partial charge is 0.271 e. The number of ether oxygens (including phenoxy) is 1. The third-order valence-electron chi connectivity index (χ3n) is 3.88. The van der Waals surface area contributed by atoms with Crippen molar-refractivity contribution in [2.45, 2.75) is 13.5 Å². The number of furan rings is 1. The number of carbonyl (C=O) groups excluding carboxylic acids is 1. The topological polar surface area (TPSA) is 107 Å². The average Bonchev–Trinajstić information content (AvgIpc) is 3.15. The van der Waals surface area contributed by atoms with Gasteiger partial charge in [0.2, 0.25) is 0 Å². The maximum Gasteiger partial charge on any atom is 0.271 e. The Labute approximate surface area is 170 Å². The van der Waals surface area contributed by atoms with Crippen LogP contribution in [-0.2, 0) is 6.61 Å². The third kappa shape index (κ3) is 5.20. The number of nitrogens with one attached hydrogen (secondary N) is 1. The van der Waals surface area contributed by atoms with Crippen molar-refractivity contribution < 1.29 is 18.9 Å². The Hall–Kier alpha value is -3.65. The molecule has 0 aliphatic carbocycles. The van der Waals surface area contributed by atoms with Crippen LogP contribution in [0.5, 0.6) is 5.75 Å². The van der Waals surface area contributed by atoms with Gasteiger partial charge in [0, 0.05) is 17.7 Å². The molecule has 9 heteroatoms. The molecule has 0 bridgehead atoms. The second-order valence-corrected chi connectivity index (χ2v) is 6.39. The van der Waals surface area contributed by atoms with Crippen molar-refractivity contribution in [3.8, 4) is 5.75 Å². The van der Waals surface area contributed by atoms with Crippen LogP contribution in [-0.4, -0.2) is 17.0 Å². The minimum Gasteiger partial charge on any atom is -0.484 e. The molecule has 3 rings (SSSR count). The number of aryl methyl sites for hydroxylation is 1. The summed E-state index contributed by atoms with van der Waals surface area (Å²) in [5.41, 5.74) is 3.16. The molecule has 0 saturated heterocycles. The van der Waals surface area contributed by atoms with Gasteiger partial charge < -0.3 is 9.15 Å². The van der Waals surface area contributed by atoms with E-state index in [0.29, 0.717) is 22.3 Å². The Kier molecular flexibility index (Phi) is 6.25. The Balaban J connectivity index is 1.57. The van der Waals surface area contributed by atoms with Crippen molar-refractivity contribution in [3.63, 3.8) is 0 Å². The number of para-hydroxylation sites is 1. The number of benzene rings is 2. The molecule has 8 nitrogen and oxygen atoms in total. The number of halogens is 1. The van der Waals surface area contributed by atoms with Crippen molar-refractivity contribution in [2.24, 2.45) is 5.10 Å². The maximum atomic E-state index is 12.0. The summed E-state index contributed by atoms with van der Waals surface area (Å²) in [6, 6.07) is 14.2. The highest BCUT2D eigenvalue weighted by Crippen LogP contribution is 2.28. The predicted molar refractivity (Wildman–Crippen MR) is 107 cm³/mol. The summed E-state index contributed by atoms with van der Waals surface area (Å²) in [5.74, 6) is 0.967. The Morgan fingerprint density at radius 2 is 2.07 bits per heavy atom. The zero-order valence-corrected chi connectivity index (χ0v) is 16.1. The lowest BCUT2D eigenvalue weighted by molar-refractivity contribution is -0.384. The summed E-state index contributed by atoms with van der Waals surface area (Å²) in [5, 5.41) is 15.1. The van der Waals surface area contributed by atoms with Crippen LogP contribution in [0.2, 0.25) is 5.02 Å². The summed E-state index contributed by atoms with van der Waals surface area (Å²) in [6.07, 6.45) is 1.32. The molecule has 0 unspecified atom stereocenters. The zero-order valence-electron chi connectivity index (χ0n) is 15.3. The summed E-state index contributed by atoms with van der Waals surface area (Å²) in [6.45, 7) is 2.07. The second kappa shape index (κ2) is 9.03. The van der Waals surface area contributed by atoms with E-state index in [2.05, 4.69) is 10.5 Å². The maximum absolute atomic E-state index is 12.0. The van der Waals surface area contributed by atoms with Gasteiger partial charge in [0.25, 0.3) is 11.6 Å². The van der Waals surface area contributed by atoms with Crippen molar-refractivity contribution >= 4 is 29.4 Å². The Bertz CT molecular complexity index is 1060. The molecule has 0 atom stereocenters. The molecular formula is C20H16ClN3O5. The molecule has 2 aromatic carbocycles. The van der Waals surface area contributed by atoms with Crippen LogP contribution in [0.1, 0.15) is 27.4 Å². The molecule has 1 aromatic heterocycles. The molecule has 0 fully saturated rings. The fourth-order valence-corrected chi connectivity index (χ4v) is 2.74. The first-order chi connectivity index (χ1) is 13.9. The first-order valence-electron chi connectivity index (χ1n) is 8.48. The van der Waals surface area contributed by atoms with Crippen molar-refractivity contribution in [1.29, 1.82) is 0 Å². The Morgan fingerprint density at radius 1 is 1.28 bits per heavy atom. The van der Waals surface area contributed by atoms with Crippen LogP contribution in [0.4, 0.5) is 5.69 Å². The summed E-state index contributed by atoms with van der Waals surface area (Å²) in [4.78, 5) is 22.2. The van der Waals surface area contributed by atoms with Crippen molar-refractivity contribution in [3.05, 3.63) is 92.4 Å². The van der Waals surface area contributed by atoms with Crippen LogP contribution < -0.4 is 10.2 Å². The van der Waals surface area contributed by atoms with Gasteiger partial charge in [-0.15, -0.1) is 0 Å². The van der Waals surface area contributed by atoms with Gasteiger partial charge in [0.05, 0.1) is 16.2 Å². The molecular weight excluding hydrogens is 398 g/mol. The van der Waals surface area contributed by atoms with Gasteiger partial charge in [-0.05, 0) is 36.8 Å². The van der Waals surface area contributed by atoms with E-state index in [1.165, 1.54) is 30.5 Å². The third-order valence-corrected chi connectivity index (χ3v) is 4.18. The summed E-state index contributed by atoms with van der Waals surface area (Å²) in [7, 11) is 0. The number of amides is 1. The Morgan fingerprint density at radius 3 is 2.83 bits per heavy atom. The fraction of sp³-hybridized carbons (Fsp3) is 0.100. The lowest BCUT2D eigenvalue weighted by Crippen LogP contribution is -2.17. The normalized spacial score (nSPS) is 10.8. The van der Waals surface area contributed by atoms with Crippen LogP contribution in [0.3, 0.4) is 0 Å². The van der Waals surface area contributed by atoms with E-state index >= 15 is 0 Å².